The predicted molar refractivity (Wildman–Crippen MR) is 64.5 cm³/mol. The molecule has 17 heavy (non-hydrogen) atoms. The number of hydrogen-bond acceptors (Lipinski definition) is 4. The summed E-state index contributed by atoms with van der Waals surface area (Å²) in [4.78, 5) is 0. The van der Waals surface area contributed by atoms with Crippen molar-refractivity contribution in [2.75, 3.05) is 5.73 Å². The fraction of sp³-hybridized carbons (Fsp3) is 0.0833. The van der Waals surface area contributed by atoms with Gasteiger partial charge in [0.15, 0.2) is 11.6 Å². The van der Waals surface area contributed by atoms with Gasteiger partial charge in [0.1, 0.15) is 5.75 Å². The Labute approximate surface area is 97.1 Å². The van der Waals surface area contributed by atoms with Crippen LogP contribution in [0.25, 0.3) is 22.4 Å². The lowest BCUT2D eigenvalue weighted by atomic mass is 10.2. The highest BCUT2D eigenvalue weighted by molar-refractivity contribution is 5.90. The molecular formula is C12H11N3O2. The smallest absolute Gasteiger partial charge is 0.185 e. The van der Waals surface area contributed by atoms with Crippen LogP contribution in [0.5, 0.6) is 5.75 Å². The van der Waals surface area contributed by atoms with Gasteiger partial charge >= 0.3 is 0 Å². The van der Waals surface area contributed by atoms with Crippen molar-refractivity contribution in [2.24, 2.45) is 7.05 Å². The number of phenols is 1. The van der Waals surface area contributed by atoms with Crippen LogP contribution >= 0.6 is 0 Å². The average Bonchev–Trinajstić information content (AvgIpc) is 2.84. The molecule has 0 saturated heterocycles. The number of nitrogens with zero attached hydrogens (tertiary/aromatic N) is 2. The van der Waals surface area contributed by atoms with Crippen LogP contribution in [0.4, 0.5) is 5.82 Å². The Morgan fingerprint density at radius 3 is 2.82 bits per heavy atom. The molecule has 2 aromatic heterocycles. The molecule has 0 aliphatic heterocycles. The Hall–Kier alpha value is -2.43. The minimum Gasteiger partial charge on any atom is -0.506 e. The van der Waals surface area contributed by atoms with Gasteiger partial charge in [0.05, 0.1) is 11.2 Å². The van der Waals surface area contributed by atoms with Crippen LogP contribution < -0.4 is 5.73 Å². The maximum absolute atomic E-state index is 9.83. The lowest BCUT2D eigenvalue weighted by Gasteiger charge is -2.01. The van der Waals surface area contributed by atoms with Crippen LogP contribution in [0, 0.1) is 0 Å². The van der Waals surface area contributed by atoms with Gasteiger partial charge in [-0.1, -0.05) is 17.3 Å². The zero-order chi connectivity index (χ0) is 12.0. The Morgan fingerprint density at radius 1 is 1.35 bits per heavy atom. The number of hydrogen-bond donors (Lipinski definition) is 2. The van der Waals surface area contributed by atoms with Crippen molar-refractivity contribution in [3.05, 3.63) is 30.3 Å². The highest BCUT2D eigenvalue weighted by Gasteiger charge is 2.13. The van der Waals surface area contributed by atoms with Crippen LogP contribution in [0.1, 0.15) is 0 Å². The average molecular weight is 229 g/mol. The zero-order valence-electron chi connectivity index (χ0n) is 9.21. The quantitative estimate of drug-likeness (QED) is 0.670. The number of nitrogens with two attached hydrogens (primary N) is 1. The van der Waals surface area contributed by atoms with Gasteiger partial charge in [-0.3, -0.25) is 0 Å². The Balaban J connectivity index is 2.32. The first kappa shape index (κ1) is 9.77. The monoisotopic (exact) mass is 229 g/mol. The number of aromatic nitrogens is 2. The lowest BCUT2D eigenvalue weighted by molar-refractivity contribution is 0.433. The molecule has 0 radical (unpaired) electrons. The number of benzene rings is 1. The summed E-state index contributed by atoms with van der Waals surface area (Å²) in [6, 6.07) is 8.97. The lowest BCUT2D eigenvalue weighted by Crippen LogP contribution is -1.90. The van der Waals surface area contributed by atoms with Crippen LogP contribution in [0.2, 0.25) is 0 Å². The molecule has 0 fully saturated rings. The van der Waals surface area contributed by atoms with Gasteiger partial charge in [0.2, 0.25) is 0 Å². The summed E-state index contributed by atoms with van der Waals surface area (Å²) in [6.45, 7) is 0. The minimum absolute atomic E-state index is 0.240. The summed E-state index contributed by atoms with van der Waals surface area (Å²) in [5.41, 5.74) is 7.11. The van der Waals surface area contributed by atoms with Crippen molar-refractivity contribution in [3.8, 4) is 17.2 Å². The molecule has 3 rings (SSSR count). The third-order valence-electron chi connectivity index (χ3n) is 2.82. The van der Waals surface area contributed by atoms with E-state index in [1.54, 1.807) is 18.2 Å². The highest BCUT2D eigenvalue weighted by atomic mass is 16.5. The molecule has 0 spiro atoms. The second-order valence-electron chi connectivity index (χ2n) is 3.92. The molecule has 5 heteroatoms. The number of fused-ring (bicyclic) bond motifs is 1. The number of anilines is 1. The van der Waals surface area contributed by atoms with Gasteiger partial charge in [-0.05, 0) is 12.1 Å². The van der Waals surface area contributed by atoms with E-state index in [0.29, 0.717) is 11.6 Å². The maximum Gasteiger partial charge on any atom is 0.185 e. The highest BCUT2D eigenvalue weighted by Crippen LogP contribution is 2.32. The largest absolute Gasteiger partial charge is 0.506 e. The number of aromatic hydroxyl groups is 1. The molecule has 1 aromatic carbocycles. The van der Waals surface area contributed by atoms with E-state index in [1.165, 1.54) is 0 Å². The predicted octanol–water partition coefficient (Wildman–Crippen LogP) is 2.12. The Bertz CT molecular complexity index is 697. The summed E-state index contributed by atoms with van der Waals surface area (Å²) >= 11 is 0. The molecule has 0 amide bonds. The van der Waals surface area contributed by atoms with Gasteiger partial charge in [0.25, 0.3) is 0 Å². The fourth-order valence-corrected chi connectivity index (χ4v) is 2.04. The van der Waals surface area contributed by atoms with Gasteiger partial charge in [-0.25, -0.2) is 0 Å². The topological polar surface area (TPSA) is 77.2 Å². The number of para-hydroxylation sites is 1. The summed E-state index contributed by atoms with van der Waals surface area (Å²) < 4.78 is 6.97. The number of aryl methyl sites for hydroxylation is 1. The van der Waals surface area contributed by atoms with E-state index in [2.05, 4.69) is 5.16 Å². The number of rotatable bonds is 1. The summed E-state index contributed by atoms with van der Waals surface area (Å²) in [5, 5.41) is 14.4. The van der Waals surface area contributed by atoms with E-state index < -0.39 is 0 Å². The van der Waals surface area contributed by atoms with Crippen molar-refractivity contribution in [3.63, 3.8) is 0 Å². The normalized spacial score (nSPS) is 11.1. The molecule has 0 atom stereocenters. The van der Waals surface area contributed by atoms with Crippen LogP contribution in [0.15, 0.2) is 34.9 Å². The van der Waals surface area contributed by atoms with Crippen molar-refractivity contribution >= 4 is 16.7 Å². The van der Waals surface area contributed by atoms with Gasteiger partial charge in [-0.15, -0.1) is 0 Å². The summed E-state index contributed by atoms with van der Waals surface area (Å²) in [6.07, 6.45) is 0. The molecule has 2 heterocycles. The third kappa shape index (κ3) is 1.36. The molecule has 0 unspecified atom stereocenters. The molecular weight excluding hydrogens is 218 g/mol. The van der Waals surface area contributed by atoms with Gasteiger partial charge in [-0.2, -0.15) is 0 Å². The second-order valence-corrected chi connectivity index (χ2v) is 3.92. The maximum atomic E-state index is 9.83. The molecule has 3 aromatic rings. The zero-order valence-corrected chi connectivity index (χ0v) is 9.21. The van der Waals surface area contributed by atoms with Gasteiger partial charge in [0, 0.05) is 18.5 Å². The fourth-order valence-electron chi connectivity index (χ4n) is 2.04. The molecule has 0 bridgehead atoms. The first-order valence-electron chi connectivity index (χ1n) is 5.17. The summed E-state index contributed by atoms with van der Waals surface area (Å²) in [7, 11) is 1.86. The van der Waals surface area contributed by atoms with Crippen molar-refractivity contribution in [1.29, 1.82) is 0 Å². The first-order chi connectivity index (χ1) is 8.16. The van der Waals surface area contributed by atoms with E-state index in [1.807, 2.05) is 23.7 Å². The Morgan fingerprint density at radius 2 is 2.18 bits per heavy atom. The number of nitrogen functional groups attached to an aromatic ring is 1. The molecule has 0 saturated carbocycles. The summed E-state index contributed by atoms with van der Waals surface area (Å²) in [5.74, 6) is 1.17. The van der Waals surface area contributed by atoms with Gasteiger partial charge < -0.3 is 19.9 Å². The van der Waals surface area contributed by atoms with Crippen LogP contribution in [-0.2, 0) is 7.05 Å². The standard InChI is InChI=1S/C12H11N3O2/c1-15-8(10-6-11(13)14-17-10)5-7-3-2-4-9(16)12(7)15/h2-6,16H,1H3,(H2,13,14). The second kappa shape index (κ2) is 3.28. The van der Waals surface area contributed by atoms with Crippen molar-refractivity contribution < 1.29 is 9.63 Å². The number of phenolic OH excluding ortho intramolecular Hbond substituents is 1. The first-order valence-corrected chi connectivity index (χ1v) is 5.17. The van der Waals surface area contributed by atoms with Crippen molar-refractivity contribution in [1.82, 2.24) is 9.72 Å². The van der Waals surface area contributed by atoms with Crippen LogP contribution in [-0.4, -0.2) is 14.8 Å². The van der Waals surface area contributed by atoms with E-state index >= 15 is 0 Å². The van der Waals surface area contributed by atoms with E-state index in [0.717, 1.165) is 16.6 Å². The minimum atomic E-state index is 0.240. The van der Waals surface area contributed by atoms with Crippen LogP contribution in [0.3, 0.4) is 0 Å². The third-order valence-corrected chi connectivity index (χ3v) is 2.82. The van der Waals surface area contributed by atoms with E-state index in [4.69, 9.17) is 10.3 Å². The molecule has 0 aliphatic carbocycles. The van der Waals surface area contributed by atoms with E-state index in [-0.39, 0.29) is 5.75 Å². The van der Waals surface area contributed by atoms with Crippen molar-refractivity contribution in [2.45, 2.75) is 0 Å². The Kier molecular flexibility index (Phi) is 1.89. The SMILES string of the molecule is Cn1c(-c2cc(N)no2)cc2cccc(O)c21. The molecule has 5 nitrogen and oxygen atoms in total. The molecule has 86 valence electrons. The molecule has 0 aliphatic rings. The van der Waals surface area contributed by atoms with E-state index in [9.17, 15) is 5.11 Å². The molecule has 3 N–H and O–H groups in total.